The van der Waals surface area contributed by atoms with Gasteiger partial charge in [-0.05, 0) is 30.4 Å². The molecule has 0 aromatic heterocycles. The third kappa shape index (κ3) is 2.55. The number of amides is 1. The second-order valence-electron chi connectivity index (χ2n) is 3.86. The van der Waals surface area contributed by atoms with Crippen molar-refractivity contribution in [3.8, 4) is 0 Å². The summed E-state index contributed by atoms with van der Waals surface area (Å²) in [5.74, 6) is -0.269. The number of rotatable bonds is 3. The number of hydrogen-bond acceptors (Lipinski definition) is 3. The summed E-state index contributed by atoms with van der Waals surface area (Å²) in [5, 5.41) is 21.1. The molecule has 2 rings (SSSR count). The minimum atomic E-state index is -1.59. The lowest BCUT2D eigenvalue weighted by Gasteiger charge is -2.07. The van der Waals surface area contributed by atoms with E-state index in [4.69, 9.17) is 21.6 Å². The lowest BCUT2D eigenvalue weighted by atomic mass is 9.79. The number of halogens is 1. The molecule has 1 fully saturated rings. The number of nitrogens with one attached hydrogen (secondary N) is 1. The van der Waals surface area contributed by atoms with E-state index in [1.807, 2.05) is 0 Å². The molecule has 1 aliphatic carbocycles. The maximum atomic E-state index is 11.7. The first kappa shape index (κ1) is 11.5. The van der Waals surface area contributed by atoms with Gasteiger partial charge in [0.05, 0.1) is 10.6 Å². The summed E-state index contributed by atoms with van der Waals surface area (Å²) in [7, 11) is -1.59. The van der Waals surface area contributed by atoms with Crippen molar-refractivity contribution in [2.45, 2.75) is 18.9 Å². The molecular weight excluding hydrogens is 228 g/mol. The van der Waals surface area contributed by atoms with Crippen molar-refractivity contribution in [1.29, 1.82) is 0 Å². The normalized spacial score (nSPS) is 14.7. The van der Waals surface area contributed by atoms with Crippen LogP contribution in [0.4, 0.5) is 0 Å². The van der Waals surface area contributed by atoms with Gasteiger partial charge in [-0.15, -0.1) is 0 Å². The Kier molecular flexibility index (Phi) is 3.19. The molecule has 6 heteroatoms. The Balaban J connectivity index is 2.23. The van der Waals surface area contributed by atoms with Crippen molar-refractivity contribution in [2.75, 3.05) is 0 Å². The van der Waals surface area contributed by atoms with Crippen LogP contribution < -0.4 is 10.8 Å². The Morgan fingerprint density at radius 1 is 1.44 bits per heavy atom. The van der Waals surface area contributed by atoms with Gasteiger partial charge in [0.25, 0.3) is 5.91 Å². The molecule has 0 bridgehead atoms. The lowest BCUT2D eigenvalue weighted by Crippen LogP contribution is -2.32. The predicted molar refractivity (Wildman–Crippen MR) is 61.8 cm³/mol. The maximum absolute atomic E-state index is 11.7. The summed E-state index contributed by atoms with van der Waals surface area (Å²) in [6, 6.07) is 4.59. The molecule has 0 spiro atoms. The molecule has 4 nitrogen and oxygen atoms in total. The van der Waals surface area contributed by atoms with Gasteiger partial charge in [0.1, 0.15) is 0 Å². The second kappa shape index (κ2) is 4.45. The van der Waals surface area contributed by atoms with Gasteiger partial charge < -0.3 is 15.4 Å². The van der Waals surface area contributed by atoms with Crippen LogP contribution in [0, 0.1) is 0 Å². The zero-order valence-corrected chi connectivity index (χ0v) is 9.24. The molecule has 1 amide bonds. The molecule has 3 N–H and O–H groups in total. The summed E-state index contributed by atoms with van der Waals surface area (Å²) in [4.78, 5) is 11.7. The molecule has 0 aliphatic heterocycles. The molecule has 0 radical (unpaired) electrons. The molecular formula is C10H11BClNO3. The molecule has 0 atom stereocenters. The Hall–Kier alpha value is -1.04. The highest BCUT2D eigenvalue weighted by atomic mass is 35.5. The van der Waals surface area contributed by atoms with Gasteiger partial charge in [0.15, 0.2) is 0 Å². The lowest BCUT2D eigenvalue weighted by molar-refractivity contribution is 0.0951. The summed E-state index contributed by atoms with van der Waals surface area (Å²) in [6.45, 7) is 0. The topological polar surface area (TPSA) is 69.6 Å². The molecule has 0 saturated heterocycles. The number of carbonyl (C=O) groups excluding carboxylic acids is 1. The van der Waals surface area contributed by atoms with Gasteiger partial charge in [0, 0.05) is 6.04 Å². The average Bonchev–Trinajstić information content (AvgIpc) is 3.01. The van der Waals surface area contributed by atoms with Crippen LogP contribution in [0.5, 0.6) is 0 Å². The number of benzene rings is 1. The van der Waals surface area contributed by atoms with E-state index in [1.54, 1.807) is 0 Å². The Morgan fingerprint density at radius 3 is 2.69 bits per heavy atom. The highest BCUT2D eigenvalue weighted by Crippen LogP contribution is 2.21. The highest BCUT2D eigenvalue weighted by Gasteiger charge is 2.25. The zero-order chi connectivity index (χ0) is 11.7. The molecule has 1 aliphatic rings. The number of hydrogen-bond donors (Lipinski definition) is 3. The van der Waals surface area contributed by atoms with E-state index in [9.17, 15) is 4.79 Å². The molecule has 16 heavy (non-hydrogen) atoms. The van der Waals surface area contributed by atoms with E-state index >= 15 is 0 Å². The zero-order valence-electron chi connectivity index (χ0n) is 8.48. The summed E-state index contributed by atoms with van der Waals surface area (Å²) >= 11 is 5.88. The first-order valence-electron chi connectivity index (χ1n) is 5.04. The van der Waals surface area contributed by atoms with E-state index in [0.29, 0.717) is 5.02 Å². The molecule has 0 heterocycles. The standard InChI is InChI=1S/C10H11BClNO3/c12-9-4-1-6(11(15)16)5-8(9)10(14)13-7-2-3-7/h1,4-5,7,15-16H,2-3H2,(H,13,14). The van der Waals surface area contributed by atoms with Crippen LogP contribution in [-0.2, 0) is 0 Å². The van der Waals surface area contributed by atoms with E-state index < -0.39 is 7.12 Å². The first-order chi connectivity index (χ1) is 7.58. The average molecular weight is 239 g/mol. The molecule has 1 saturated carbocycles. The van der Waals surface area contributed by atoms with Gasteiger partial charge in [0.2, 0.25) is 0 Å². The fourth-order valence-electron chi connectivity index (χ4n) is 1.37. The summed E-state index contributed by atoms with van der Waals surface area (Å²) in [5.41, 5.74) is 0.532. The summed E-state index contributed by atoms with van der Waals surface area (Å²) in [6.07, 6.45) is 1.98. The SMILES string of the molecule is O=C(NC1CC1)c1cc(B(O)O)ccc1Cl. The smallest absolute Gasteiger partial charge is 0.423 e. The van der Waals surface area contributed by atoms with E-state index in [1.165, 1.54) is 18.2 Å². The molecule has 1 aromatic rings. The van der Waals surface area contributed by atoms with Gasteiger partial charge in [-0.1, -0.05) is 17.7 Å². The van der Waals surface area contributed by atoms with Gasteiger partial charge in [-0.3, -0.25) is 4.79 Å². The van der Waals surface area contributed by atoms with Crippen LogP contribution in [-0.4, -0.2) is 29.1 Å². The van der Waals surface area contributed by atoms with Crippen LogP contribution in [0.2, 0.25) is 5.02 Å². The minimum absolute atomic E-state index is 0.242. The van der Waals surface area contributed by atoms with E-state index in [-0.39, 0.29) is 23.0 Å². The van der Waals surface area contributed by atoms with Gasteiger partial charge in [-0.2, -0.15) is 0 Å². The van der Waals surface area contributed by atoms with Gasteiger partial charge >= 0.3 is 7.12 Å². The Morgan fingerprint density at radius 2 is 2.12 bits per heavy atom. The first-order valence-corrected chi connectivity index (χ1v) is 5.42. The van der Waals surface area contributed by atoms with Gasteiger partial charge in [-0.25, -0.2) is 0 Å². The Bertz CT molecular complexity index is 421. The molecule has 84 valence electrons. The van der Waals surface area contributed by atoms with Crippen molar-refractivity contribution in [3.05, 3.63) is 28.8 Å². The molecule has 1 aromatic carbocycles. The second-order valence-corrected chi connectivity index (χ2v) is 4.27. The largest absolute Gasteiger partial charge is 0.488 e. The van der Waals surface area contributed by atoms with Crippen molar-refractivity contribution < 1.29 is 14.8 Å². The fourth-order valence-corrected chi connectivity index (χ4v) is 1.57. The monoisotopic (exact) mass is 239 g/mol. The summed E-state index contributed by atoms with van der Waals surface area (Å²) < 4.78 is 0. The van der Waals surface area contributed by atoms with Crippen LogP contribution in [0.15, 0.2) is 18.2 Å². The quantitative estimate of drug-likeness (QED) is 0.646. The van der Waals surface area contributed by atoms with Crippen LogP contribution in [0.25, 0.3) is 0 Å². The van der Waals surface area contributed by atoms with E-state index in [2.05, 4.69) is 5.32 Å². The highest BCUT2D eigenvalue weighted by molar-refractivity contribution is 6.58. The van der Waals surface area contributed by atoms with Crippen molar-refractivity contribution in [2.24, 2.45) is 0 Å². The predicted octanol–water partition coefficient (Wildman–Crippen LogP) is -0.0880. The van der Waals surface area contributed by atoms with Crippen molar-refractivity contribution in [1.82, 2.24) is 5.32 Å². The molecule has 0 unspecified atom stereocenters. The third-order valence-electron chi connectivity index (χ3n) is 2.45. The van der Waals surface area contributed by atoms with Crippen LogP contribution >= 0.6 is 11.6 Å². The van der Waals surface area contributed by atoms with Crippen LogP contribution in [0.3, 0.4) is 0 Å². The van der Waals surface area contributed by atoms with Crippen LogP contribution in [0.1, 0.15) is 23.2 Å². The van der Waals surface area contributed by atoms with Crippen molar-refractivity contribution in [3.63, 3.8) is 0 Å². The number of carbonyl (C=O) groups is 1. The Labute approximate surface area is 98.4 Å². The maximum Gasteiger partial charge on any atom is 0.488 e. The van der Waals surface area contributed by atoms with Crippen molar-refractivity contribution >= 4 is 30.1 Å². The van der Waals surface area contributed by atoms with E-state index in [0.717, 1.165) is 12.8 Å². The minimum Gasteiger partial charge on any atom is -0.423 e. The fraction of sp³-hybridized carbons (Fsp3) is 0.300. The third-order valence-corrected chi connectivity index (χ3v) is 2.78.